The molecule has 2 saturated heterocycles. The standard InChI is InChI=1S/C31H39N5O3S2/c1-4-6-13-35-28(34-17-15-33(16-18-34)22-24-11-8-7-9-12-24)25(23(3)26(21-32)29(35)37)20-27-30(38)36(31(40)41-27)14-10-19-39-5-2/h7-9,11-12,20H,4-6,10,13-19,22H2,1-3H3/b27-20+. The van der Waals surface area contributed by atoms with E-state index in [-0.39, 0.29) is 17.0 Å². The number of nitriles is 1. The van der Waals surface area contributed by atoms with Gasteiger partial charge in [-0.25, -0.2) is 0 Å². The van der Waals surface area contributed by atoms with Crippen LogP contribution < -0.4 is 10.5 Å². The molecule has 0 bridgehead atoms. The number of nitrogens with zero attached hydrogens (tertiary/aromatic N) is 5. The quantitative estimate of drug-likeness (QED) is 0.198. The van der Waals surface area contributed by atoms with Crippen LogP contribution in [0.25, 0.3) is 6.08 Å². The molecule has 2 aliphatic heterocycles. The minimum absolute atomic E-state index is 0.131. The summed E-state index contributed by atoms with van der Waals surface area (Å²) in [6.45, 7) is 12.1. The number of pyridine rings is 1. The molecule has 4 rings (SSSR count). The number of rotatable bonds is 12. The molecule has 0 N–H and O–H groups in total. The van der Waals surface area contributed by atoms with E-state index in [0.29, 0.717) is 47.5 Å². The highest BCUT2D eigenvalue weighted by atomic mass is 32.2. The van der Waals surface area contributed by atoms with E-state index in [2.05, 4.69) is 47.1 Å². The largest absolute Gasteiger partial charge is 0.382 e. The Kier molecular flexibility index (Phi) is 11.2. The summed E-state index contributed by atoms with van der Waals surface area (Å²) >= 11 is 6.84. The molecule has 0 saturated carbocycles. The number of aromatic nitrogens is 1. The lowest BCUT2D eigenvalue weighted by Crippen LogP contribution is -2.48. The molecule has 2 fully saturated rings. The van der Waals surface area contributed by atoms with Gasteiger partial charge < -0.3 is 9.64 Å². The predicted octanol–water partition coefficient (Wildman–Crippen LogP) is 4.78. The highest BCUT2D eigenvalue weighted by Crippen LogP contribution is 2.36. The monoisotopic (exact) mass is 593 g/mol. The van der Waals surface area contributed by atoms with Gasteiger partial charge in [0.15, 0.2) is 0 Å². The zero-order chi connectivity index (χ0) is 29.4. The average molecular weight is 594 g/mol. The Labute approximate surface area is 252 Å². The summed E-state index contributed by atoms with van der Waals surface area (Å²) in [6, 6.07) is 12.6. The number of hydrogen-bond acceptors (Lipinski definition) is 8. The van der Waals surface area contributed by atoms with E-state index in [9.17, 15) is 14.9 Å². The molecule has 0 radical (unpaired) electrons. The number of ether oxygens (including phenoxy) is 1. The number of anilines is 1. The molecule has 41 heavy (non-hydrogen) atoms. The number of carbonyl (C=O) groups is 1. The van der Waals surface area contributed by atoms with Crippen LogP contribution in [0.15, 0.2) is 40.0 Å². The second-order valence-electron chi connectivity index (χ2n) is 10.3. The van der Waals surface area contributed by atoms with E-state index >= 15 is 0 Å². The van der Waals surface area contributed by atoms with Crippen LogP contribution in [0.5, 0.6) is 0 Å². The molecule has 1 amide bonds. The summed E-state index contributed by atoms with van der Waals surface area (Å²) < 4.78 is 7.71. The Bertz CT molecular complexity index is 1370. The summed E-state index contributed by atoms with van der Waals surface area (Å²) in [7, 11) is 0. The maximum absolute atomic E-state index is 13.6. The third-order valence-corrected chi connectivity index (χ3v) is 8.90. The van der Waals surface area contributed by atoms with E-state index in [1.807, 2.05) is 26.0 Å². The third-order valence-electron chi connectivity index (χ3n) is 7.53. The smallest absolute Gasteiger partial charge is 0.270 e. The first-order chi connectivity index (χ1) is 19.9. The number of piperazine rings is 1. The number of amides is 1. The van der Waals surface area contributed by atoms with Gasteiger partial charge in [0.05, 0.1) is 4.91 Å². The van der Waals surface area contributed by atoms with Crippen LogP contribution >= 0.6 is 24.0 Å². The normalized spacial score (nSPS) is 17.1. The van der Waals surface area contributed by atoms with Crippen molar-refractivity contribution >= 4 is 46.1 Å². The van der Waals surface area contributed by atoms with Gasteiger partial charge in [-0.1, -0.05) is 67.7 Å². The van der Waals surface area contributed by atoms with Gasteiger partial charge in [-0.2, -0.15) is 5.26 Å². The first-order valence-electron chi connectivity index (χ1n) is 14.4. The summed E-state index contributed by atoms with van der Waals surface area (Å²) in [5.74, 6) is 0.653. The van der Waals surface area contributed by atoms with Gasteiger partial charge in [0.1, 0.15) is 21.8 Å². The molecule has 0 spiro atoms. The van der Waals surface area contributed by atoms with Gasteiger partial charge >= 0.3 is 0 Å². The van der Waals surface area contributed by atoms with Gasteiger partial charge in [0.25, 0.3) is 11.5 Å². The molecule has 2 aromatic rings. The van der Waals surface area contributed by atoms with E-state index in [1.54, 1.807) is 9.47 Å². The Hall–Kier alpha value is -2.97. The second-order valence-corrected chi connectivity index (χ2v) is 12.0. The molecule has 1 aromatic heterocycles. The van der Waals surface area contributed by atoms with E-state index in [4.69, 9.17) is 17.0 Å². The summed E-state index contributed by atoms with van der Waals surface area (Å²) in [6.07, 6.45) is 4.29. The van der Waals surface area contributed by atoms with Crippen LogP contribution in [0.1, 0.15) is 55.4 Å². The molecule has 0 unspecified atom stereocenters. The summed E-state index contributed by atoms with van der Waals surface area (Å²) in [5.41, 5.74) is 2.50. The SMILES string of the molecule is CCCCn1c(N2CCN(Cc3ccccc3)CC2)c(/C=C2/SC(=S)N(CCCOCC)C2=O)c(C)c(C#N)c1=O. The first kappa shape index (κ1) is 31.0. The zero-order valence-electron chi connectivity index (χ0n) is 24.2. The predicted molar refractivity (Wildman–Crippen MR) is 170 cm³/mol. The molecule has 10 heteroatoms. The summed E-state index contributed by atoms with van der Waals surface area (Å²) in [4.78, 5) is 33.8. The first-order valence-corrected chi connectivity index (χ1v) is 15.6. The van der Waals surface area contributed by atoms with Crippen molar-refractivity contribution in [2.45, 2.75) is 53.1 Å². The van der Waals surface area contributed by atoms with Crippen molar-refractivity contribution in [2.75, 3.05) is 50.8 Å². The highest BCUT2D eigenvalue weighted by Gasteiger charge is 2.33. The number of hydrogen-bond donors (Lipinski definition) is 0. The van der Waals surface area contributed by atoms with Gasteiger partial charge in [-0.05, 0) is 43.9 Å². The van der Waals surface area contributed by atoms with Gasteiger partial charge in [0.2, 0.25) is 0 Å². The molecule has 1 aromatic carbocycles. The number of unbranched alkanes of at least 4 members (excludes halogenated alkanes) is 1. The Morgan fingerprint density at radius 3 is 2.46 bits per heavy atom. The topological polar surface area (TPSA) is 81.8 Å². The van der Waals surface area contributed by atoms with Crippen molar-refractivity contribution in [3.63, 3.8) is 0 Å². The maximum atomic E-state index is 13.6. The Morgan fingerprint density at radius 1 is 1.07 bits per heavy atom. The maximum Gasteiger partial charge on any atom is 0.270 e. The zero-order valence-corrected chi connectivity index (χ0v) is 25.9. The fourth-order valence-electron chi connectivity index (χ4n) is 5.26. The van der Waals surface area contributed by atoms with Gasteiger partial charge in [-0.3, -0.25) is 24.0 Å². The molecule has 8 nitrogen and oxygen atoms in total. The minimum Gasteiger partial charge on any atom is -0.382 e. The Morgan fingerprint density at radius 2 is 1.80 bits per heavy atom. The van der Waals surface area contributed by atoms with Crippen LogP contribution in [-0.4, -0.2) is 70.5 Å². The van der Waals surface area contributed by atoms with Crippen LogP contribution in [0, 0.1) is 18.3 Å². The number of thiocarbonyl (C=S) groups is 1. The van der Waals surface area contributed by atoms with Crippen molar-refractivity contribution in [1.29, 1.82) is 5.26 Å². The highest BCUT2D eigenvalue weighted by molar-refractivity contribution is 8.26. The molecule has 0 aliphatic carbocycles. The van der Waals surface area contributed by atoms with Crippen molar-refractivity contribution in [3.05, 3.63) is 67.8 Å². The van der Waals surface area contributed by atoms with Crippen LogP contribution in [0.2, 0.25) is 0 Å². The van der Waals surface area contributed by atoms with Gasteiger partial charge in [0, 0.05) is 64.6 Å². The van der Waals surface area contributed by atoms with Crippen LogP contribution in [0.4, 0.5) is 5.82 Å². The average Bonchev–Trinajstić information content (AvgIpc) is 3.24. The van der Waals surface area contributed by atoms with Gasteiger partial charge in [-0.15, -0.1) is 0 Å². The lowest BCUT2D eigenvalue weighted by Gasteiger charge is -2.38. The van der Waals surface area contributed by atoms with E-state index in [1.165, 1.54) is 17.3 Å². The fraction of sp³-hybridized carbons (Fsp3) is 0.484. The lowest BCUT2D eigenvalue weighted by atomic mass is 10.0. The van der Waals surface area contributed by atoms with Crippen molar-refractivity contribution in [1.82, 2.24) is 14.4 Å². The summed E-state index contributed by atoms with van der Waals surface area (Å²) in [5, 5.41) is 9.97. The number of benzene rings is 1. The van der Waals surface area contributed by atoms with Crippen molar-refractivity contribution < 1.29 is 9.53 Å². The minimum atomic E-state index is -0.263. The fourth-order valence-corrected chi connectivity index (χ4v) is 6.55. The van der Waals surface area contributed by atoms with Crippen LogP contribution in [-0.2, 0) is 22.6 Å². The second kappa shape index (κ2) is 14.8. The lowest BCUT2D eigenvalue weighted by molar-refractivity contribution is -0.122. The molecular formula is C31H39N5O3S2. The Balaban J connectivity index is 1.69. The number of carbonyl (C=O) groups excluding carboxylic acids is 1. The van der Waals surface area contributed by atoms with E-state index < -0.39 is 0 Å². The molecule has 218 valence electrons. The third kappa shape index (κ3) is 7.28. The van der Waals surface area contributed by atoms with E-state index in [0.717, 1.165) is 56.9 Å². The molecular weight excluding hydrogens is 555 g/mol. The molecule has 3 heterocycles. The number of thioether (sulfide) groups is 1. The van der Waals surface area contributed by atoms with Crippen LogP contribution in [0.3, 0.4) is 0 Å². The molecule has 2 aliphatic rings. The van der Waals surface area contributed by atoms with Crippen molar-refractivity contribution in [2.24, 2.45) is 0 Å². The molecule has 0 atom stereocenters. The van der Waals surface area contributed by atoms with Crippen molar-refractivity contribution in [3.8, 4) is 6.07 Å².